The average molecular weight is 470 g/mol. The molecule has 3 amide bonds. The Kier molecular flexibility index (Phi) is 5.74. The van der Waals surface area contributed by atoms with E-state index in [0.717, 1.165) is 16.3 Å². The van der Waals surface area contributed by atoms with E-state index < -0.39 is 0 Å². The fourth-order valence-corrected chi connectivity index (χ4v) is 4.34. The summed E-state index contributed by atoms with van der Waals surface area (Å²) in [5, 5.41) is 8.09. The lowest BCUT2D eigenvalue weighted by Gasteiger charge is -2.24. The molecule has 6 nitrogen and oxygen atoms in total. The first-order valence-corrected chi connectivity index (χ1v) is 11.2. The van der Waals surface area contributed by atoms with Gasteiger partial charge in [0.25, 0.3) is 0 Å². The minimum atomic E-state index is -0.366. The maximum atomic E-state index is 13.1. The average Bonchev–Trinajstić information content (AvgIpc) is 2.95. The van der Waals surface area contributed by atoms with Crippen molar-refractivity contribution in [2.75, 3.05) is 15.5 Å². The van der Waals surface area contributed by atoms with Gasteiger partial charge in [-0.05, 0) is 41.3 Å². The Hall–Kier alpha value is -4.16. The van der Waals surface area contributed by atoms with E-state index in [1.165, 1.54) is 4.90 Å². The van der Waals surface area contributed by atoms with Gasteiger partial charge in [0.1, 0.15) is 6.42 Å². The number of rotatable bonds is 4. The number of hydrogen-bond acceptors (Lipinski definition) is 3. The molecule has 4 aromatic carbocycles. The highest BCUT2D eigenvalue weighted by Crippen LogP contribution is 2.40. The summed E-state index contributed by atoms with van der Waals surface area (Å²) in [7, 11) is 0. The Bertz CT molecular complexity index is 1450. The standard InChI is InChI=1S/C27H20ClN3O3/c28-22-11-4-2-7-18(22)14-24(32)29-19-8-5-9-20(15-19)31-23-13-12-17-6-1-3-10-21(17)27(23)30-25(33)16-26(31)34/h1-13,15H,14,16H2,(H,29,32)(H,30,33). The van der Waals surface area contributed by atoms with E-state index in [0.29, 0.717) is 27.8 Å². The molecule has 0 radical (unpaired) electrons. The summed E-state index contributed by atoms with van der Waals surface area (Å²) in [5.41, 5.74) is 2.98. The quantitative estimate of drug-likeness (QED) is 0.377. The van der Waals surface area contributed by atoms with Crippen LogP contribution in [-0.4, -0.2) is 17.7 Å². The lowest BCUT2D eigenvalue weighted by molar-refractivity contribution is -0.124. The number of amides is 3. The third kappa shape index (κ3) is 4.23. The van der Waals surface area contributed by atoms with Gasteiger partial charge >= 0.3 is 0 Å². The highest BCUT2D eigenvalue weighted by atomic mass is 35.5. The topological polar surface area (TPSA) is 78.5 Å². The van der Waals surface area contributed by atoms with Gasteiger partial charge in [-0.3, -0.25) is 19.3 Å². The molecule has 168 valence electrons. The SMILES string of the molecule is O=C(Cc1ccccc1Cl)Nc1cccc(N2C(=O)CC(=O)Nc3c2ccc2ccccc32)c1. The fourth-order valence-electron chi connectivity index (χ4n) is 4.14. The maximum Gasteiger partial charge on any atom is 0.241 e. The van der Waals surface area contributed by atoms with E-state index in [4.69, 9.17) is 11.6 Å². The maximum absolute atomic E-state index is 13.1. The summed E-state index contributed by atoms with van der Waals surface area (Å²) in [6, 6.07) is 25.6. The second-order valence-corrected chi connectivity index (χ2v) is 8.41. The van der Waals surface area contributed by atoms with Gasteiger partial charge in [0, 0.05) is 16.1 Å². The molecule has 0 aromatic heterocycles. The van der Waals surface area contributed by atoms with Crippen LogP contribution in [-0.2, 0) is 20.8 Å². The second-order valence-electron chi connectivity index (χ2n) is 8.00. The van der Waals surface area contributed by atoms with Crippen LogP contribution in [0.15, 0.2) is 84.9 Å². The minimum Gasteiger partial charge on any atom is -0.326 e. The Morgan fingerprint density at radius 3 is 2.59 bits per heavy atom. The molecule has 0 spiro atoms. The number of benzene rings is 4. The van der Waals surface area contributed by atoms with Crippen LogP contribution in [0.1, 0.15) is 12.0 Å². The van der Waals surface area contributed by atoms with Crippen molar-refractivity contribution < 1.29 is 14.4 Å². The summed E-state index contributed by atoms with van der Waals surface area (Å²) in [4.78, 5) is 39.7. The molecule has 34 heavy (non-hydrogen) atoms. The first-order chi connectivity index (χ1) is 16.5. The van der Waals surface area contributed by atoms with E-state index in [2.05, 4.69) is 10.6 Å². The lowest BCUT2D eigenvalue weighted by atomic mass is 10.1. The lowest BCUT2D eigenvalue weighted by Crippen LogP contribution is -2.26. The van der Waals surface area contributed by atoms with Crippen molar-refractivity contribution in [3.63, 3.8) is 0 Å². The molecule has 1 aliphatic rings. The van der Waals surface area contributed by atoms with E-state index >= 15 is 0 Å². The molecule has 0 fully saturated rings. The van der Waals surface area contributed by atoms with Gasteiger partial charge < -0.3 is 10.6 Å². The molecule has 1 heterocycles. The molecule has 5 rings (SSSR count). The molecule has 4 aromatic rings. The van der Waals surface area contributed by atoms with E-state index in [1.807, 2.05) is 48.5 Å². The molecule has 0 atom stereocenters. The minimum absolute atomic E-state index is 0.125. The number of hydrogen-bond donors (Lipinski definition) is 2. The number of nitrogens with one attached hydrogen (secondary N) is 2. The Morgan fingerprint density at radius 2 is 1.74 bits per heavy atom. The Morgan fingerprint density at radius 1 is 0.941 bits per heavy atom. The molecule has 0 saturated heterocycles. The van der Waals surface area contributed by atoms with E-state index in [9.17, 15) is 14.4 Å². The first kappa shape index (κ1) is 21.7. The molecular formula is C27H20ClN3O3. The van der Waals surface area contributed by atoms with Crippen LogP contribution in [0.5, 0.6) is 0 Å². The van der Waals surface area contributed by atoms with Crippen LogP contribution in [0, 0.1) is 0 Å². The predicted molar refractivity (Wildman–Crippen MR) is 135 cm³/mol. The molecule has 0 bridgehead atoms. The van der Waals surface area contributed by atoms with Gasteiger partial charge in [-0.25, -0.2) is 0 Å². The molecule has 0 aliphatic carbocycles. The third-order valence-corrected chi connectivity index (χ3v) is 6.04. The van der Waals surface area contributed by atoms with Gasteiger partial charge in [-0.1, -0.05) is 66.2 Å². The summed E-state index contributed by atoms with van der Waals surface area (Å²) in [6.45, 7) is 0. The van der Waals surface area contributed by atoms with Crippen LogP contribution >= 0.6 is 11.6 Å². The summed E-state index contributed by atoms with van der Waals surface area (Å²) in [5.74, 6) is -0.948. The number of fused-ring (bicyclic) bond motifs is 3. The zero-order chi connectivity index (χ0) is 23.7. The van der Waals surface area contributed by atoms with Crippen LogP contribution in [0.2, 0.25) is 5.02 Å². The van der Waals surface area contributed by atoms with E-state index in [1.54, 1.807) is 36.4 Å². The van der Waals surface area contributed by atoms with Crippen LogP contribution in [0.25, 0.3) is 10.8 Å². The highest BCUT2D eigenvalue weighted by Gasteiger charge is 2.28. The van der Waals surface area contributed by atoms with Crippen LogP contribution < -0.4 is 15.5 Å². The van der Waals surface area contributed by atoms with Gasteiger partial charge in [0.15, 0.2) is 0 Å². The fraction of sp³-hybridized carbons (Fsp3) is 0.0741. The molecule has 2 N–H and O–H groups in total. The van der Waals surface area contributed by atoms with Crippen LogP contribution in [0.4, 0.5) is 22.7 Å². The Labute approximate surface area is 201 Å². The van der Waals surface area contributed by atoms with Gasteiger partial charge in [-0.15, -0.1) is 0 Å². The second kappa shape index (κ2) is 9.00. The zero-order valence-corrected chi connectivity index (χ0v) is 18.8. The van der Waals surface area contributed by atoms with Crippen molar-refractivity contribution in [3.8, 4) is 0 Å². The van der Waals surface area contributed by atoms with Crippen molar-refractivity contribution in [2.45, 2.75) is 12.8 Å². The number of carbonyl (C=O) groups is 3. The monoisotopic (exact) mass is 469 g/mol. The van der Waals surface area contributed by atoms with Crippen molar-refractivity contribution in [1.82, 2.24) is 0 Å². The predicted octanol–water partition coefficient (Wildman–Crippen LogP) is 5.68. The number of nitrogens with zero attached hydrogens (tertiary/aromatic N) is 1. The largest absolute Gasteiger partial charge is 0.326 e. The van der Waals surface area contributed by atoms with Gasteiger partial charge in [0.2, 0.25) is 17.7 Å². The molecule has 0 saturated carbocycles. The summed E-state index contributed by atoms with van der Waals surface area (Å²) < 4.78 is 0. The summed E-state index contributed by atoms with van der Waals surface area (Å²) in [6.07, 6.45) is -0.161. The van der Waals surface area contributed by atoms with Crippen LogP contribution in [0.3, 0.4) is 0 Å². The van der Waals surface area contributed by atoms with Gasteiger partial charge in [-0.2, -0.15) is 0 Å². The van der Waals surface area contributed by atoms with Crippen molar-refractivity contribution in [1.29, 1.82) is 0 Å². The summed E-state index contributed by atoms with van der Waals surface area (Å²) >= 11 is 6.17. The first-order valence-electron chi connectivity index (χ1n) is 10.8. The Balaban J connectivity index is 1.49. The number of halogens is 1. The van der Waals surface area contributed by atoms with Gasteiger partial charge in [0.05, 0.1) is 23.5 Å². The third-order valence-electron chi connectivity index (χ3n) is 5.67. The zero-order valence-electron chi connectivity index (χ0n) is 18.0. The molecular weight excluding hydrogens is 450 g/mol. The number of carbonyl (C=O) groups excluding carboxylic acids is 3. The molecule has 7 heteroatoms. The highest BCUT2D eigenvalue weighted by molar-refractivity contribution is 6.31. The smallest absolute Gasteiger partial charge is 0.241 e. The molecule has 0 unspecified atom stereocenters. The normalized spacial score (nSPS) is 13.3. The van der Waals surface area contributed by atoms with Crippen molar-refractivity contribution in [3.05, 3.63) is 95.5 Å². The van der Waals surface area contributed by atoms with Crippen molar-refractivity contribution >= 4 is 62.8 Å². The molecule has 1 aliphatic heterocycles. The van der Waals surface area contributed by atoms with E-state index in [-0.39, 0.29) is 30.6 Å². The van der Waals surface area contributed by atoms with Crippen molar-refractivity contribution in [2.24, 2.45) is 0 Å². The number of anilines is 4.